The fourth-order valence-corrected chi connectivity index (χ4v) is 4.32. The van der Waals surface area contributed by atoms with E-state index in [0.717, 1.165) is 11.1 Å². The van der Waals surface area contributed by atoms with E-state index in [1.807, 2.05) is 65.6 Å². The van der Waals surface area contributed by atoms with Gasteiger partial charge in [-0.1, -0.05) is 60.7 Å². The molecule has 0 aliphatic carbocycles. The molecule has 164 valence electrons. The van der Waals surface area contributed by atoms with E-state index < -0.39 is 22.0 Å². The fourth-order valence-electron chi connectivity index (χ4n) is 3.15. The quantitative estimate of drug-likeness (QED) is 0.679. The molecule has 0 radical (unpaired) electrons. The van der Waals surface area contributed by atoms with Gasteiger partial charge in [0, 0.05) is 38.1 Å². The van der Waals surface area contributed by atoms with Crippen molar-refractivity contribution in [2.75, 3.05) is 32.7 Å². The highest BCUT2D eigenvalue weighted by Crippen LogP contribution is 2.11. The predicted octanol–water partition coefficient (Wildman–Crippen LogP) is 1.63. The lowest BCUT2D eigenvalue weighted by atomic mass is 10.2. The topological polar surface area (TPSA) is 98.8 Å². The minimum absolute atomic E-state index is 0.0342. The molecule has 8 nitrogen and oxygen atoms in total. The standard InChI is InChI=1S/C22H26N4O4S/c27-21(24-22(28)23-17-20-9-5-2-6-10-20)18-25-12-14-26(15-13-25)31(29,30)16-11-19-7-3-1-4-8-19/h1-11,16H,12-15,17-18H2,(H2,23,24,27,28). The van der Waals surface area contributed by atoms with E-state index in [4.69, 9.17) is 0 Å². The molecule has 9 heteroatoms. The SMILES string of the molecule is O=C(CN1CCN(S(=O)(=O)C=Cc2ccccc2)CC1)NC(=O)NCc1ccccc1. The van der Waals surface area contributed by atoms with Crippen molar-refractivity contribution in [3.8, 4) is 0 Å². The number of rotatable bonds is 7. The molecule has 0 saturated carbocycles. The van der Waals surface area contributed by atoms with Gasteiger partial charge in [0.1, 0.15) is 0 Å². The first-order valence-electron chi connectivity index (χ1n) is 10.00. The van der Waals surface area contributed by atoms with Gasteiger partial charge in [-0.05, 0) is 17.2 Å². The normalized spacial score (nSPS) is 15.6. The van der Waals surface area contributed by atoms with Crippen LogP contribution in [0.3, 0.4) is 0 Å². The zero-order valence-electron chi connectivity index (χ0n) is 17.1. The molecular formula is C22H26N4O4S. The van der Waals surface area contributed by atoms with E-state index in [0.29, 0.717) is 19.6 Å². The minimum atomic E-state index is -3.52. The third-order valence-corrected chi connectivity index (χ3v) is 6.40. The molecule has 31 heavy (non-hydrogen) atoms. The lowest BCUT2D eigenvalue weighted by Gasteiger charge is -2.32. The molecule has 1 fully saturated rings. The molecule has 3 amide bonds. The van der Waals surface area contributed by atoms with Crippen LogP contribution in [0.5, 0.6) is 0 Å². The maximum Gasteiger partial charge on any atom is 0.321 e. The van der Waals surface area contributed by atoms with E-state index in [1.54, 1.807) is 6.08 Å². The van der Waals surface area contributed by atoms with Crippen LogP contribution < -0.4 is 10.6 Å². The maximum atomic E-state index is 12.5. The minimum Gasteiger partial charge on any atom is -0.334 e. The Kier molecular flexibility index (Phi) is 7.94. The number of benzene rings is 2. The molecule has 0 bridgehead atoms. The molecule has 0 atom stereocenters. The van der Waals surface area contributed by atoms with Crippen LogP contribution in [0.25, 0.3) is 6.08 Å². The van der Waals surface area contributed by atoms with E-state index in [9.17, 15) is 18.0 Å². The van der Waals surface area contributed by atoms with Crippen LogP contribution in [0.4, 0.5) is 4.79 Å². The Morgan fingerprint density at radius 3 is 2.16 bits per heavy atom. The van der Waals surface area contributed by atoms with Gasteiger partial charge in [0.25, 0.3) is 0 Å². The highest BCUT2D eigenvalue weighted by atomic mass is 32.2. The summed E-state index contributed by atoms with van der Waals surface area (Å²) in [6.45, 7) is 1.76. The van der Waals surface area contributed by atoms with Crippen LogP contribution >= 0.6 is 0 Å². The largest absolute Gasteiger partial charge is 0.334 e. The Labute approximate surface area is 182 Å². The molecule has 2 aromatic rings. The molecule has 0 unspecified atom stereocenters. The van der Waals surface area contributed by atoms with Crippen molar-refractivity contribution in [3.63, 3.8) is 0 Å². The van der Waals surface area contributed by atoms with Crippen molar-refractivity contribution in [2.24, 2.45) is 0 Å². The van der Waals surface area contributed by atoms with Crippen molar-refractivity contribution in [1.29, 1.82) is 0 Å². The summed E-state index contributed by atoms with van der Waals surface area (Å²) in [6, 6.07) is 18.1. The summed E-state index contributed by atoms with van der Waals surface area (Å²) >= 11 is 0. The van der Waals surface area contributed by atoms with Crippen molar-refractivity contribution < 1.29 is 18.0 Å². The van der Waals surface area contributed by atoms with Crippen LogP contribution in [0.2, 0.25) is 0 Å². The average molecular weight is 443 g/mol. The molecule has 0 spiro atoms. The van der Waals surface area contributed by atoms with Crippen molar-refractivity contribution in [3.05, 3.63) is 77.2 Å². The van der Waals surface area contributed by atoms with E-state index >= 15 is 0 Å². The van der Waals surface area contributed by atoms with Gasteiger partial charge in [-0.15, -0.1) is 0 Å². The number of carbonyl (C=O) groups excluding carboxylic acids is 2. The first-order chi connectivity index (χ1) is 14.9. The van der Waals surface area contributed by atoms with Crippen LogP contribution in [0, 0.1) is 0 Å². The number of urea groups is 1. The monoisotopic (exact) mass is 442 g/mol. The predicted molar refractivity (Wildman–Crippen MR) is 119 cm³/mol. The van der Waals surface area contributed by atoms with Gasteiger partial charge in [-0.2, -0.15) is 4.31 Å². The van der Waals surface area contributed by atoms with Gasteiger partial charge in [0.2, 0.25) is 15.9 Å². The second kappa shape index (κ2) is 10.9. The molecule has 1 aliphatic heterocycles. The third kappa shape index (κ3) is 7.32. The smallest absolute Gasteiger partial charge is 0.321 e. The highest BCUT2D eigenvalue weighted by molar-refractivity contribution is 7.92. The summed E-state index contributed by atoms with van der Waals surface area (Å²) in [5.41, 5.74) is 1.75. The Bertz CT molecular complexity index is 1000. The lowest BCUT2D eigenvalue weighted by Crippen LogP contribution is -2.51. The Balaban J connectivity index is 1.40. The lowest BCUT2D eigenvalue weighted by molar-refractivity contribution is -0.121. The molecule has 0 aromatic heterocycles. The Morgan fingerprint density at radius 2 is 1.52 bits per heavy atom. The van der Waals surface area contributed by atoms with Crippen LogP contribution in [0.1, 0.15) is 11.1 Å². The number of nitrogens with zero attached hydrogens (tertiary/aromatic N) is 2. The van der Waals surface area contributed by atoms with Crippen LogP contribution in [-0.2, 0) is 21.4 Å². The number of carbonyl (C=O) groups is 2. The number of amides is 3. The molecule has 2 N–H and O–H groups in total. The summed E-state index contributed by atoms with van der Waals surface area (Å²) in [4.78, 5) is 25.8. The summed E-state index contributed by atoms with van der Waals surface area (Å²) in [7, 11) is -3.52. The fraction of sp³-hybridized carbons (Fsp3) is 0.273. The van der Waals surface area contributed by atoms with Gasteiger partial charge in [-0.3, -0.25) is 15.0 Å². The van der Waals surface area contributed by atoms with Gasteiger partial charge < -0.3 is 5.32 Å². The van der Waals surface area contributed by atoms with E-state index in [-0.39, 0.29) is 19.6 Å². The summed E-state index contributed by atoms with van der Waals surface area (Å²) in [5, 5.41) is 6.15. The number of sulfonamides is 1. The number of piperazine rings is 1. The van der Waals surface area contributed by atoms with Crippen molar-refractivity contribution in [1.82, 2.24) is 19.8 Å². The number of nitrogens with one attached hydrogen (secondary N) is 2. The molecule has 1 saturated heterocycles. The first kappa shape index (κ1) is 22.7. The molecule has 3 rings (SSSR count). The van der Waals surface area contributed by atoms with Crippen molar-refractivity contribution >= 4 is 28.0 Å². The number of imide groups is 1. The van der Waals surface area contributed by atoms with Crippen LogP contribution in [0.15, 0.2) is 66.1 Å². The first-order valence-corrected chi connectivity index (χ1v) is 11.5. The second-order valence-electron chi connectivity index (χ2n) is 7.15. The zero-order chi connectivity index (χ0) is 22.1. The average Bonchev–Trinajstić information content (AvgIpc) is 2.78. The maximum absolute atomic E-state index is 12.5. The zero-order valence-corrected chi connectivity index (χ0v) is 17.9. The summed E-state index contributed by atoms with van der Waals surface area (Å²) < 4.78 is 26.4. The van der Waals surface area contributed by atoms with Gasteiger partial charge in [0.05, 0.1) is 6.54 Å². The van der Waals surface area contributed by atoms with Crippen LogP contribution in [-0.4, -0.2) is 62.3 Å². The number of hydrogen-bond acceptors (Lipinski definition) is 5. The van der Waals surface area contributed by atoms with Gasteiger partial charge >= 0.3 is 6.03 Å². The van der Waals surface area contributed by atoms with E-state index in [2.05, 4.69) is 10.6 Å². The highest BCUT2D eigenvalue weighted by Gasteiger charge is 2.26. The molecule has 1 heterocycles. The summed E-state index contributed by atoms with van der Waals surface area (Å²) in [5.74, 6) is -0.425. The van der Waals surface area contributed by atoms with Crippen molar-refractivity contribution in [2.45, 2.75) is 6.54 Å². The summed E-state index contributed by atoms with van der Waals surface area (Å²) in [6.07, 6.45) is 1.57. The number of hydrogen-bond donors (Lipinski definition) is 2. The third-order valence-electron chi connectivity index (χ3n) is 4.84. The Hall–Kier alpha value is -3.01. The molecule has 2 aromatic carbocycles. The van der Waals surface area contributed by atoms with Gasteiger partial charge in [0.15, 0.2) is 0 Å². The van der Waals surface area contributed by atoms with E-state index in [1.165, 1.54) is 9.71 Å². The Morgan fingerprint density at radius 1 is 0.903 bits per heavy atom. The molecular weight excluding hydrogens is 416 g/mol. The second-order valence-corrected chi connectivity index (χ2v) is 8.97. The van der Waals surface area contributed by atoms with Gasteiger partial charge in [-0.25, -0.2) is 13.2 Å². The molecule has 1 aliphatic rings.